The van der Waals surface area contributed by atoms with Gasteiger partial charge in [-0.05, 0) is 32.6 Å². The number of hydrogen-bond acceptors (Lipinski definition) is 5. The second-order valence-electron chi connectivity index (χ2n) is 7.12. The van der Waals surface area contributed by atoms with Crippen LogP contribution in [0.5, 0.6) is 0 Å². The summed E-state index contributed by atoms with van der Waals surface area (Å²) < 4.78 is 5.06. The van der Waals surface area contributed by atoms with E-state index in [4.69, 9.17) is 4.52 Å². The first-order valence-electron chi connectivity index (χ1n) is 9.94. The number of nitrogens with one attached hydrogen (secondary N) is 1. The van der Waals surface area contributed by atoms with Crippen LogP contribution in [0.4, 0.5) is 0 Å². The van der Waals surface area contributed by atoms with Gasteiger partial charge >= 0.3 is 0 Å². The highest BCUT2D eigenvalue weighted by Gasteiger charge is 2.27. The molecular formula is C19H32N4O3. The van der Waals surface area contributed by atoms with Gasteiger partial charge in [0, 0.05) is 32.5 Å². The average Bonchev–Trinajstić information content (AvgIpc) is 3.06. The summed E-state index contributed by atoms with van der Waals surface area (Å²) in [5, 5.41) is 6.78. The Morgan fingerprint density at radius 2 is 2.12 bits per heavy atom. The Bertz CT molecular complexity index is 573. The first kappa shape index (κ1) is 20.4. The molecule has 1 aliphatic heterocycles. The number of carbonyl (C=O) groups excluding carboxylic acids is 2. The van der Waals surface area contributed by atoms with E-state index in [0.717, 1.165) is 38.8 Å². The quantitative estimate of drug-likeness (QED) is 0.645. The van der Waals surface area contributed by atoms with Gasteiger partial charge in [-0.3, -0.25) is 9.59 Å². The maximum Gasteiger partial charge on any atom is 0.226 e. The number of rotatable bonds is 10. The number of aryl methyl sites for hydroxylation is 2. The third-order valence-corrected chi connectivity index (χ3v) is 4.83. The van der Waals surface area contributed by atoms with E-state index in [9.17, 15) is 9.59 Å². The third-order valence-electron chi connectivity index (χ3n) is 4.83. The standard InChI is InChI=1S/C19H32N4O3/c1-3-4-5-6-12-20-19(25)16-9-8-13-23(14-16)18(24)11-7-10-17-21-15(2)22-26-17/h16H,3-14H2,1-2H3,(H,20,25). The number of nitrogens with zero attached hydrogens (tertiary/aromatic N) is 3. The monoisotopic (exact) mass is 364 g/mol. The molecule has 2 amide bonds. The van der Waals surface area contributed by atoms with Gasteiger partial charge in [0.2, 0.25) is 17.7 Å². The molecule has 0 radical (unpaired) electrons. The molecule has 1 aromatic rings. The summed E-state index contributed by atoms with van der Waals surface area (Å²) in [4.78, 5) is 30.7. The number of likely N-dealkylation sites (tertiary alicyclic amines) is 1. The molecule has 7 heteroatoms. The van der Waals surface area contributed by atoms with E-state index in [-0.39, 0.29) is 17.7 Å². The minimum absolute atomic E-state index is 0.0718. The van der Waals surface area contributed by atoms with Crippen LogP contribution in [0, 0.1) is 12.8 Å². The van der Waals surface area contributed by atoms with Gasteiger partial charge in [-0.25, -0.2) is 0 Å². The van der Waals surface area contributed by atoms with Gasteiger partial charge < -0.3 is 14.7 Å². The molecule has 1 fully saturated rings. The molecule has 0 spiro atoms. The third kappa shape index (κ3) is 6.77. The molecule has 0 aromatic carbocycles. The van der Waals surface area contributed by atoms with Crippen LogP contribution >= 0.6 is 0 Å². The first-order valence-corrected chi connectivity index (χ1v) is 9.94. The smallest absolute Gasteiger partial charge is 0.226 e. The molecule has 1 unspecified atom stereocenters. The van der Waals surface area contributed by atoms with Crippen LogP contribution in [0.25, 0.3) is 0 Å². The van der Waals surface area contributed by atoms with E-state index in [1.165, 1.54) is 12.8 Å². The lowest BCUT2D eigenvalue weighted by Crippen LogP contribution is -2.45. The van der Waals surface area contributed by atoms with Gasteiger partial charge in [-0.15, -0.1) is 0 Å². The summed E-state index contributed by atoms with van der Waals surface area (Å²) in [5.41, 5.74) is 0. The lowest BCUT2D eigenvalue weighted by Gasteiger charge is -2.32. The lowest BCUT2D eigenvalue weighted by atomic mass is 9.96. The van der Waals surface area contributed by atoms with E-state index in [1.54, 1.807) is 6.92 Å². The molecule has 2 rings (SSSR count). The first-order chi connectivity index (χ1) is 12.6. The predicted octanol–water partition coefficient (Wildman–Crippen LogP) is 2.64. The normalized spacial score (nSPS) is 17.3. The molecule has 0 aliphatic carbocycles. The highest BCUT2D eigenvalue weighted by molar-refractivity contribution is 5.81. The summed E-state index contributed by atoms with van der Waals surface area (Å²) >= 11 is 0. The van der Waals surface area contributed by atoms with Gasteiger partial charge in [0.05, 0.1) is 5.92 Å². The second kappa shape index (κ2) is 10.9. The molecule has 146 valence electrons. The average molecular weight is 364 g/mol. The van der Waals surface area contributed by atoms with E-state index < -0.39 is 0 Å². The minimum atomic E-state index is -0.0718. The zero-order valence-corrected chi connectivity index (χ0v) is 16.1. The number of amides is 2. The van der Waals surface area contributed by atoms with Crippen LogP contribution in [0.2, 0.25) is 0 Å². The topological polar surface area (TPSA) is 88.3 Å². The zero-order valence-electron chi connectivity index (χ0n) is 16.1. The Morgan fingerprint density at radius 3 is 2.85 bits per heavy atom. The molecular weight excluding hydrogens is 332 g/mol. The van der Waals surface area contributed by atoms with E-state index in [2.05, 4.69) is 22.4 Å². The van der Waals surface area contributed by atoms with Crippen LogP contribution < -0.4 is 5.32 Å². The van der Waals surface area contributed by atoms with Gasteiger partial charge in [-0.2, -0.15) is 4.98 Å². The molecule has 7 nitrogen and oxygen atoms in total. The number of aromatic nitrogens is 2. The summed E-state index contributed by atoms with van der Waals surface area (Å²) in [5.74, 6) is 1.33. The predicted molar refractivity (Wildman–Crippen MR) is 98.4 cm³/mol. The van der Waals surface area contributed by atoms with Crippen LogP contribution in [0.15, 0.2) is 4.52 Å². The van der Waals surface area contributed by atoms with Crippen LogP contribution in [0.3, 0.4) is 0 Å². The highest BCUT2D eigenvalue weighted by Crippen LogP contribution is 2.18. The molecule has 1 saturated heterocycles. The van der Waals surface area contributed by atoms with Crippen LogP contribution in [0.1, 0.15) is 70.0 Å². The largest absolute Gasteiger partial charge is 0.356 e. The second-order valence-corrected chi connectivity index (χ2v) is 7.12. The van der Waals surface area contributed by atoms with Gasteiger partial charge in [-0.1, -0.05) is 31.3 Å². The Kier molecular flexibility index (Phi) is 8.58. The van der Waals surface area contributed by atoms with Gasteiger partial charge in [0.15, 0.2) is 5.82 Å². The van der Waals surface area contributed by atoms with Crippen molar-refractivity contribution in [2.75, 3.05) is 19.6 Å². The molecule has 1 atom stereocenters. The molecule has 2 heterocycles. The summed E-state index contributed by atoms with van der Waals surface area (Å²) in [6, 6.07) is 0. The molecule has 0 saturated carbocycles. The summed E-state index contributed by atoms with van der Waals surface area (Å²) in [6.45, 7) is 5.99. The summed E-state index contributed by atoms with van der Waals surface area (Å²) in [6.07, 6.45) is 8.11. The SMILES string of the molecule is CCCCCCNC(=O)C1CCCN(C(=O)CCCc2nc(C)no2)C1. The van der Waals surface area contributed by atoms with Crippen molar-refractivity contribution >= 4 is 11.8 Å². The Balaban J connectivity index is 1.67. The fourth-order valence-electron chi connectivity index (χ4n) is 3.32. The highest BCUT2D eigenvalue weighted by atomic mass is 16.5. The van der Waals surface area contributed by atoms with Gasteiger partial charge in [0.25, 0.3) is 0 Å². The molecule has 1 aliphatic rings. The van der Waals surface area contributed by atoms with Crippen molar-refractivity contribution in [3.05, 3.63) is 11.7 Å². The Morgan fingerprint density at radius 1 is 1.27 bits per heavy atom. The van der Waals surface area contributed by atoms with Crippen molar-refractivity contribution in [3.8, 4) is 0 Å². The molecule has 26 heavy (non-hydrogen) atoms. The zero-order chi connectivity index (χ0) is 18.8. The number of unbranched alkanes of at least 4 members (excludes halogenated alkanes) is 3. The van der Waals surface area contributed by atoms with Crippen LogP contribution in [-0.4, -0.2) is 46.5 Å². The van der Waals surface area contributed by atoms with Crippen molar-refractivity contribution < 1.29 is 14.1 Å². The van der Waals surface area contributed by atoms with Crippen molar-refractivity contribution in [3.63, 3.8) is 0 Å². The van der Waals surface area contributed by atoms with E-state index >= 15 is 0 Å². The number of hydrogen-bond donors (Lipinski definition) is 1. The van der Waals surface area contributed by atoms with Crippen molar-refractivity contribution in [2.24, 2.45) is 5.92 Å². The number of carbonyl (C=O) groups is 2. The fraction of sp³-hybridized carbons (Fsp3) is 0.789. The van der Waals surface area contributed by atoms with Crippen LogP contribution in [-0.2, 0) is 16.0 Å². The molecule has 1 aromatic heterocycles. The maximum absolute atomic E-state index is 12.4. The van der Waals surface area contributed by atoms with Gasteiger partial charge in [0.1, 0.15) is 0 Å². The Labute approximate surface area is 155 Å². The lowest BCUT2D eigenvalue weighted by molar-refractivity contribution is -0.135. The minimum Gasteiger partial charge on any atom is -0.356 e. The number of piperidine rings is 1. The maximum atomic E-state index is 12.4. The van der Waals surface area contributed by atoms with Crippen molar-refractivity contribution in [2.45, 2.75) is 71.6 Å². The molecule has 0 bridgehead atoms. The summed E-state index contributed by atoms with van der Waals surface area (Å²) in [7, 11) is 0. The molecule has 1 N–H and O–H groups in total. The van der Waals surface area contributed by atoms with E-state index in [0.29, 0.717) is 37.5 Å². The Hall–Kier alpha value is -1.92. The van der Waals surface area contributed by atoms with Crippen molar-refractivity contribution in [1.29, 1.82) is 0 Å². The van der Waals surface area contributed by atoms with Crippen molar-refractivity contribution in [1.82, 2.24) is 20.4 Å². The fourth-order valence-corrected chi connectivity index (χ4v) is 3.32. The van der Waals surface area contributed by atoms with E-state index in [1.807, 2.05) is 4.90 Å².